The standard InChI is InChI=1S/C33H64O12/c1-2-3-4-5-6-7-8-11-32(34)43-30-28-41-26-24-39-22-20-37-18-16-35-14-15-36-17-19-38-21-23-40-25-27-42-29-31-45-33-12-9-10-13-44-33/h33H,2-31H2,1H3. The van der Waals surface area contributed by atoms with Gasteiger partial charge in [-0.1, -0.05) is 45.4 Å². The molecule has 1 unspecified atom stereocenters. The molecule has 0 amide bonds. The lowest BCUT2D eigenvalue weighted by atomic mass is 10.1. The molecule has 45 heavy (non-hydrogen) atoms. The van der Waals surface area contributed by atoms with Gasteiger partial charge in [-0.05, 0) is 25.7 Å². The van der Waals surface area contributed by atoms with Gasteiger partial charge in [0.25, 0.3) is 0 Å². The summed E-state index contributed by atoms with van der Waals surface area (Å²) >= 11 is 0. The summed E-state index contributed by atoms with van der Waals surface area (Å²) in [6.07, 6.45) is 12.0. The second-order valence-electron chi connectivity index (χ2n) is 10.7. The fraction of sp³-hybridized carbons (Fsp3) is 0.970. The van der Waals surface area contributed by atoms with Crippen LogP contribution < -0.4 is 0 Å². The van der Waals surface area contributed by atoms with E-state index in [1.807, 2.05) is 0 Å². The van der Waals surface area contributed by atoms with Crippen LogP contribution in [0.15, 0.2) is 0 Å². The van der Waals surface area contributed by atoms with Crippen molar-refractivity contribution in [2.45, 2.75) is 83.8 Å². The molecular weight excluding hydrogens is 588 g/mol. The number of rotatable bonds is 36. The number of carbonyl (C=O) groups excluding carboxylic acids is 1. The van der Waals surface area contributed by atoms with Crippen molar-refractivity contribution in [2.75, 3.05) is 126 Å². The maximum Gasteiger partial charge on any atom is 0.305 e. The summed E-state index contributed by atoms with van der Waals surface area (Å²) in [6.45, 7) is 11.8. The van der Waals surface area contributed by atoms with E-state index in [4.69, 9.17) is 52.1 Å². The molecule has 0 N–H and O–H groups in total. The summed E-state index contributed by atoms with van der Waals surface area (Å²) in [6, 6.07) is 0. The number of ether oxygens (including phenoxy) is 11. The first-order valence-corrected chi connectivity index (χ1v) is 17.3. The van der Waals surface area contributed by atoms with Crippen LogP contribution in [-0.2, 0) is 56.9 Å². The van der Waals surface area contributed by atoms with Gasteiger partial charge >= 0.3 is 5.97 Å². The topological polar surface area (TPSA) is 119 Å². The Labute approximate surface area is 272 Å². The molecule has 0 aromatic rings. The SMILES string of the molecule is CCCCCCCCCC(=O)OCCOCCOCCOCCOCCOCCOCCOCCOCCOC1CCCCO1. The number of carbonyl (C=O) groups is 1. The Bertz CT molecular complexity index is 592. The molecule has 1 fully saturated rings. The normalized spacial score (nSPS) is 15.1. The van der Waals surface area contributed by atoms with Crippen molar-refractivity contribution >= 4 is 5.97 Å². The molecule has 0 saturated carbocycles. The molecule has 1 aliphatic heterocycles. The second-order valence-corrected chi connectivity index (χ2v) is 10.7. The van der Waals surface area contributed by atoms with Gasteiger partial charge < -0.3 is 52.1 Å². The lowest BCUT2D eigenvalue weighted by Crippen LogP contribution is -2.24. The molecule has 1 atom stereocenters. The van der Waals surface area contributed by atoms with Gasteiger partial charge in [0.15, 0.2) is 6.29 Å². The van der Waals surface area contributed by atoms with Crippen LogP contribution in [0.3, 0.4) is 0 Å². The first kappa shape index (κ1) is 42.1. The fourth-order valence-corrected chi connectivity index (χ4v) is 4.24. The summed E-state index contributed by atoms with van der Waals surface area (Å²) < 4.78 is 60.1. The molecule has 268 valence electrons. The van der Waals surface area contributed by atoms with E-state index in [-0.39, 0.29) is 18.9 Å². The van der Waals surface area contributed by atoms with Gasteiger partial charge in [-0.15, -0.1) is 0 Å². The van der Waals surface area contributed by atoms with Gasteiger partial charge in [0.05, 0.1) is 112 Å². The van der Waals surface area contributed by atoms with Gasteiger partial charge in [-0.3, -0.25) is 4.79 Å². The van der Waals surface area contributed by atoms with Crippen LogP contribution in [0.25, 0.3) is 0 Å². The highest BCUT2D eigenvalue weighted by Crippen LogP contribution is 2.13. The Hall–Kier alpha value is -0.930. The van der Waals surface area contributed by atoms with Crippen molar-refractivity contribution in [1.29, 1.82) is 0 Å². The van der Waals surface area contributed by atoms with Crippen LogP contribution in [0, 0.1) is 0 Å². The van der Waals surface area contributed by atoms with E-state index in [1.165, 1.54) is 38.5 Å². The zero-order valence-corrected chi connectivity index (χ0v) is 28.2. The summed E-state index contributed by atoms with van der Waals surface area (Å²) in [7, 11) is 0. The highest BCUT2D eigenvalue weighted by atomic mass is 16.7. The van der Waals surface area contributed by atoms with E-state index in [9.17, 15) is 4.79 Å². The number of esters is 1. The van der Waals surface area contributed by atoms with E-state index in [0.29, 0.717) is 119 Å². The minimum atomic E-state index is -0.138. The number of unbranched alkanes of at least 4 members (excludes halogenated alkanes) is 6. The fourth-order valence-electron chi connectivity index (χ4n) is 4.24. The van der Waals surface area contributed by atoms with Gasteiger partial charge in [-0.25, -0.2) is 0 Å². The lowest BCUT2D eigenvalue weighted by Gasteiger charge is -2.22. The molecule has 1 rings (SSSR count). The monoisotopic (exact) mass is 652 g/mol. The quantitative estimate of drug-likeness (QED) is 0.0708. The van der Waals surface area contributed by atoms with E-state index in [2.05, 4.69) is 6.92 Å². The number of hydrogen-bond acceptors (Lipinski definition) is 12. The molecular formula is C33H64O12. The van der Waals surface area contributed by atoms with E-state index >= 15 is 0 Å². The first-order chi connectivity index (χ1) is 22.3. The lowest BCUT2D eigenvalue weighted by molar-refractivity contribution is -0.169. The van der Waals surface area contributed by atoms with Gasteiger partial charge in [0.2, 0.25) is 0 Å². The van der Waals surface area contributed by atoms with Gasteiger partial charge in [0.1, 0.15) is 6.61 Å². The third kappa shape index (κ3) is 32.8. The van der Waals surface area contributed by atoms with Crippen LogP contribution in [0.2, 0.25) is 0 Å². The van der Waals surface area contributed by atoms with Crippen molar-refractivity contribution in [3.8, 4) is 0 Å². The molecule has 12 nitrogen and oxygen atoms in total. The third-order valence-corrected chi connectivity index (χ3v) is 6.75. The van der Waals surface area contributed by atoms with Crippen LogP contribution in [-0.4, -0.2) is 138 Å². The molecule has 0 radical (unpaired) electrons. The molecule has 0 aliphatic carbocycles. The predicted octanol–water partition coefficient (Wildman–Crippen LogP) is 4.35. The molecule has 1 saturated heterocycles. The molecule has 0 aromatic heterocycles. The van der Waals surface area contributed by atoms with E-state index in [0.717, 1.165) is 32.3 Å². The van der Waals surface area contributed by atoms with Gasteiger partial charge in [0, 0.05) is 13.0 Å². The number of hydrogen-bond donors (Lipinski definition) is 0. The van der Waals surface area contributed by atoms with Crippen molar-refractivity contribution in [3.63, 3.8) is 0 Å². The zero-order chi connectivity index (χ0) is 32.1. The van der Waals surface area contributed by atoms with Crippen LogP contribution in [0.5, 0.6) is 0 Å². The third-order valence-electron chi connectivity index (χ3n) is 6.75. The molecule has 0 aromatic carbocycles. The minimum absolute atomic E-state index is 0.0662. The molecule has 1 heterocycles. The Morgan fingerprint density at radius 2 is 0.911 bits per heavy atom. The Morgan fingerprint density at radius 1 is 0.511 bits per heavy atom. The van der Waals surface area contributed by atoms with E-state index in [1.54, 1.807) is 0 Å². The van der Waals surface area contributed by atoms with Crippen molar-refractivity contribution < 1.29 is 56.9 Å². The molecule has 0 spiro atoms. The smallest absolute Gasteiger partial charge is 0.305 e. The zero-order valence-electron chi connectivity index (χ0n) is 28.2. The average Bonchev–Trinajstić information content (AvgIpc) is 3.06. The van der Waals surface area contributed by atoms with Gasteiger partial charge in [-0.2, -0.15) is 0 Å². The maximum absolute atomic E-state index is 11.7. The van der Waals surface area contributed by atoms with Crippen molar-refractivity contribution in [2.24, 2.45) is 0 Å². The maximum atomic E-state index is 11.7. The first-order valence-electron chi connectivity index (χ1n) is 17.3. The largest absolute Gasteiger partial charge is 0.463 e. The summed E-state index contributed by atoms with van der Waals surface area (Å²) in [4.78, 5) is 11.7. The Morgan fingerprint density at radius 3 is 1.33 bits per heavy atom. The van der Waals surface area contributed by atoms with Crippen LogP contribution in [0.1, 0.15) is 77.6 Å². The summed E-state index contributed by atoms with van der Waals surface area (Å²) in [5.41, 5.74) is 0. The minimum Gasteiger partial charge on any atom is -0.463 e. The predicted molar refractivity (Wildman–Crippen MR) is 170 cm³/mol. The second kappa shape index (κ2) is 35.9. The van der Waals surface area contributed by atoms with Crippen LogP contribution in [0.4, 0.5) is 0 Å². The van der Waals surface area contributed by atoms with E-state index < -0.39 is 0 Å². The van der Waals surface area contributed by atoms with Crippen molar-refractivity contribution in [3.05, 3.63) is 0 Å². The average molecular weight is 653 g/mol. The molecule has 12 heteroatoms. The summed E-state index contributed by atoms with van der Waals surface area (Å²) in [5.74, 6) is -0.138. The molecule has 1 aliphatic rings. The summed E-state index contributed by atoms with van der Waals surface area (Å²) in [5, 5.41) is 0. The highest BCUT2D eigenvalue weighted by Gasteiger charge is 2.13. The van der Waals surface area contributed by atoms with Crippen LogP contribution >= 0.6 is 0 Å². The van der Waals surface area contributed by atoms with Crippen molar-refractivity contribution in [1.82, 2.24) is 0 Å². The Kier molecular flexibility index (Phi) is 33.6. The Balaban J connectivity index is 1.63. The molecule has 0 bridgehead atoms. The highest BCUT2D eigenvalue weighted by molar-refractivity contribution is 5.69.